The van der Waals surface area contributed by atoms with Crippen molar-refractivity contribution in [3.05, 3.63) is 220 Å². The number of aromatic nitrogens is 1. The van der Waals surface area contributed by atoms with Crippen molar-refractivity contribution in [3.63, 3.8) is 0 Å². The molecule has 0 fully saturated rings. The number of aliphatic carboxylic acids is 1. The quantitative estimate of drug-likeness (QED) is 0.0657. The van der Waals surface area contributed by atoms with Gasteiger partial charge in [0.05, 0.1) is 5.02 Å². The van der Waals surface area contributed by atoms with E-state index in [-0.39, 0.29) is 87.4 Å². The SMILES string of the molecule is O=C(NCCc1ccccc1)N[C@@H](Cc1ccc(O)cc1)C(=O)N[C@H]1Cc2c[nH]c3cc(ccc23)-c2cc3cc(c2O)Oc2ccc(cc2)C[C@@H]2NC(=O)[C@H](NC(=O)[C@@H]3NC(=O)[C@H](c3cc(O)cc(O)c3)NC1=O)c1ccc(c(Cl)c1)Oc1cc(ccc1O)[C@@H](C(=O)O)NC2=O. The molecule has 7 heterocycles. The summed E-state index contributed by atoms with van der Waals surface area (Å²) in [5.41, 5.74) is 2.64. The summed E-state index contributed by atoms with van der Waals surface area (Å²) in [7, 11) is 0. The summed E-state index contributed by atoms with van der Waals surface area (Å²) < 4.78 is 12.4. The summed E-state index contributed by atoms with van der Waals surface area (Å²) in [6, 6.07) is 26.5. The van der Waals surface area contributed by atoms with Crippen molar-refractivity contribution < 1.29 is 78.5 Å². The van der Waals surface area contributed by atoms with Crippen molar-refractivity contribution in [1.82, 2.24) is 47.5 Å². The van der Waals surface area contributed by atoms with Crippen molar-refractivity contribution in [2.75, 3.05) is 6.54 Å². The van der Waals surface area contributed by atoms with E-state index >= 15 is 19.2 Å². The van der Waals surface area contributed by atoms with Crippen LogP contribution in [0.15, 0.2) is 170 Å². The predicted molar refractivity (Wildman–Crippen MR) is 346 cm³/mol. The molecule has 26 heteroatoms. The third-order valence-corrected chi connectivity index (χ3v) is 16.9. The Labute approximate surface area is 550 Å². The van der Waals surface area contributed by atoms with Crippen LogP contribution in [-0.4, -0.2) is 108 Å². The second kappa shape index (κ2) is 27.1. The highest BCUT2D eigenvalue weighted by Crippen LogP contribution is 2.44. The molecule has 8 aromatic carbocycles. The number of phenols is 5. The number of carboxylic acids is 1. The number of hydrogen-bond acceptors (Lipinski definition) is 15. The van der Waals surface area contributed by atoms with Gasteiger partial charge in [-0.05, 0) is 135 Å². The fourth-order valence-corrected chi connectivity index (χ4v) is 11.9. The van der Waals surface area contributed by atoms with Crippen molar-refractivity contribution in [3.8, 4) is 62.9 Å². The van der Waals surface area contributed by atoms with Gasteiger partial charge in [-0.2, -0.15) is 0 Å². The van der Waals surface area contributed by atoms with Crippen LogP contribution in [0.4, 0.5) is 4.79 Å². The van der Waals surface area contributed by atoms with Gasteiger partial charge >= 0.3 is 12.0 Å². The number of aromatic amines is 1. The molecule has 15 N–H and O–H groups in total. The van der Waals surface area contributed by atoms with Crippen LogP contribution in [0.1, 0.15) is 68.7 Å². The first-order valence-electron chi connectivity index (χ1n) is 30.2. The monoisotopic (exact) mass is 1320 g/mol. The van der Waals surface area contributed by atoms with Crippen LogP contribution >= 0.6 is 11.6 Å². The highest BCUT2D eigenvalue weighted by Gasteiger charge is 2.39. The second-order valence-electron chi connectivity index (χ2n) is 23.2. The molecule has 96 heavy (non-hydrogen) atoms. The highest BCUT2D eigenvalue weighted by molar-refractivity contribution is 6.32. The lowest BCUT2D eigenvalue weighted by atomic mass is 9.94. The number of fused-ring (bicyclic) bond motifs is 14. The Morgan fingerprint density at radius 2 is 1.24 bits per heavy atom. The summed E-state index contributed by atoms with van der Waals surface area (Å²) in [6.45, 7) is 0.178. The molecule has 25 nitrogen and oxygen atoms in total. The van der Waals surface area contributed by atoms with Gasteiger partial charge in [0.15, 0.2) is 29.0 Å². The van der Waals surface area contributed by atoms with Crippen LogP contribution in [-0.2, 0) is 59.2 Å². The number of amides is 8. The average molecular weight is 1320 g/mol. The van der Waals surface area contributed by atoms with E-state index in [4.69, 9.17) is 21.1 Å². The first-order valence-corrected chi connectivity index (χ1v) is 30.5. The lowest BCUT2D eigenvalue weighted by Gasteiger charge is -2.29. The van der Waals surface area contributed by atoms with E-state index in [1.54, 1.807) is 48.7 Å². The summed E-state index contributed by atoms with van der Waals surface area (Å²) >= 11 is 6.88. The molecule has 0 spiro atoms. The van der Waals surface area contributed by atoms with Gasteiger partial charge in [0.25, 0.3) is 0 Å². The summed E-state index contributed by atoms with van der Waals surface area (Å²) in [5, 5.41) is 87.7. The maximum absolute atomic E-state index is 15.8. The van der Waals surface area contributed by atoms with E-state index in [1.165, 1.54) is 66.7 Å². The third-order valence-electron chi connectivity index (χ3n) is 16.6. The molecule has 0 radical (unpaired) electrons. The number of carbonyl (C=O) groups excluding carboxylic acids is 7. The summed E-state index contributed by atoms with van der Waals surface area (Å²) in [5.74, 6) is -10.6. The van der Waals surface area contributed by atoms with Crippen LogP contribution in [0.3, 0.4) is 0 Å². The first-order chi connectivity index (χ1) is 46.2. The van der Waals surface area contributed by atoms with Crippen LogP contribution in [0.2, 0.25) is 5.02 Å². The molecule has 8 amide bonds. The number of hydrogen-bond donors (Lipinski definition) is 15. The molecule has 15 bridgehead atoms. The minimum Gasteiger partial charge on any atom is -0.508 e. The molecule has 0 unspecified atom stereocenters. The van der Waals surface area contributed by atoms with E-state index in [1.807, 2.05) is 30.3 Å². The Kier molecular flexibility index (Phi) is 18.1. The Morgan fingerprint density at radius 1 is 0.573 bits per heavy atom. The van der Waals surface area contributed by atoms with Gasteiger partial charge in [-0.15, -0.1) is 0 Å². The Bertz CT molecular complexity index is 4550. The van der Waals surface area contributed by atoms with Crippen molar-refractivity contribution >= 4 is 69.9 Å². The largest absolute Gasteiger partial charge is 0.508 e. The Balaban J connectivity index is 0.975. The molecule has 1 aromatic heterocycles. The standard InChI is InChI=1S/C70H60ClN9O16/c71-49-27-38-12-19-55(49)96-56-30-39(11-18-54(56)84)61(69(92)93)80-64(87)51-22-36-8-15-46(16-9-36)95-57-31-41-26-48(62(57)85)37-10-17-47-42(33-73-50(47)28-37)29-53(74-63(86)52(23-35-6-13-43(81)14-7-35)76-70(94)72-21-20-34-4-2-1-3-5-34)65(88)77-59(40-24-44(82)32-45(83)25-40)67(90)79-60(41)68(91)78-58(38)66(89)75-51/h1-19,24-28,30-33,51-53,58-61,73,81-85H,20-23,29H2,(H,74,86)(H,75,89)(H,77,88)(H,78,91)(H,79,90)(H,80,87)(H,92,93)(H2,72,76,94)/t51-,52-,53-,58+,59-,60+,61-/m0/s1. The molecule has 0 saturated carbocycles. The summed E-state index contributed by atoms with van der Waals surface area (Å²) in [4.78, 5) is 121. The van der Waals surface area contributed by atoms with E-state index < -0.39 is 113 Å². The zero-order valence-electron chi connectivity index (χ0n) is 50.4. The molecule has 6 aliphatic rings. The van der Waals surface area contributed by atoms with Crippen LogP contribution in [0, 0.1) is 0 Å². The Morgan fingerprint density at radius 3 is 1.95 bits per heavy atom. The number of phenolic OH excluding ortho intramolecular Hbond substituents is 5. The first kappa shape index (κ1) is 63.9. The molecule has 0 aliphatic carbocycles. The fourth-order valence-electron chi connectivity index (χ4n) is 11.7. The number of ether oxygens (including phenoxy) is 2. The number of aromatic hydroxyl groups is 5. The number of carboxylic acid groups (broad SMARTS) is 1. The molecule has 6 aliphatic heterocycles. The van der Waals surface area contributed by atoms with Gasteiger partial charge in [-0.25, -0.2) is 9.59 Å². The lowest BCUT2D eigenvalue weighted by molar-refractivity contribution is -0.142. The van der Waals surface area contributed by atoms with Gasteiger partial charge in [0, 0.05) is 54.5 Å². The minimum atomic E-state index is -2.01. The normalized spacial score (nSPS) is 18.9. The van der Waals surface area contributed by atoms with Crippen LogP contribution < -0.4 is 52.0 Å². The fraction of sp³-hybridized carbons (Fsp3) is 0.171. The average Bonchev–Trinajstić information content (AvgIpc) is 1.33. The van der Waals surface area contributed by atoms with E-state index in [0.29, 0.717) is 39.6 Å². The van der Waals surface area contributed by atoms with Gasteiger partial charge in [-0.3, -0.25) is 28.8 Å². The lowest BCUT2D eigenvalue weighted by Crippen LogP contribution is -2.57. The number of carbonyl (C=O) groups is 8. The number of nitrogens with one attached hydrogen (secondary N) is 9. The number of halogens is 1. The smallest absolute Gasteiger partial charge is 0.330 e. The number of benzene rings is 8. The zero-order valence-corrected chi connectivity index (χ0v) is 51.1. The van der Waals surface area contributed by atoms with Crippen LogP contribution in [0.5, 0.6) is 51.7 Å². The summed E-state index contributed by atoms with van der Waals surface area (Å²) in [6.07, 6.45) is 1.30. The van der Waals surface area contributed by atoms with E-state index in [2.05, 4.69) is 47.5 Å². The minimum absolute atomic E-state index is 0.0420. The van der Waals surface area contributed by atoms with Crippen molar-refractivity contribution in [1.29, 1.82) is 0 Å². The van der Waals surface area contributed by atoms with Gasteiger partial charge in [0.2, 0.25) is 35.4 Å². The van der Waals surface area contributed by atoms with Gasteiger partial charge in [0.1, 0.15) is 65.0 Å². The van der Waals surface area contributed by atoms with Gasteiger partial charge < -0.3 is 87.6 Å². The Hall–Kier alpha value is -12.3. The molecule has 488 valence electrons. The molecule has 0 saturated heterocycles. The van der Waals surface area contributed by atoms with E-state index in [0.717, 1.165) is 29.8 Å². The highest BCUT2D eigenvalue weighted by atomic mass is 35.5. The predicted octanol–water partition coefficient (Wildman–Crippen LogP) is 6.96. The number of H-pyrrole nitrogens is 1. The molecular weight excluding hydrogens is 1260 g/mol. The van der Waals surface area contributed by atoms with Crippen LogP contribution in [0.25, 0.3) is 22.0 Å². The van der Waals surface area contributed by atoms with Crippen molar-refractivity contribution in [2.24, 2.45) is 0 Å². The topological polar surface area (TPSA) is 388 Å². The van der Waals surface area contributed by atoms with Crippen molar-refractivity contribution in [2.45, 2.75) is 68.0 Å². The number of urea groups is 1. The zero-order chi connectivity index (χ0) is 67.5. The molecule has 9 aromatic rings. The van der Waals surface area contributed by atoms with E-state index in [9.17, 15) is 49.8 Å². The molecule has 15 rings (SSSR count). The number of rotatable bonds is 10. The molecule has 7 atom stereocenters. The second-order valence-corrected chi connectivity index (χ2v) is 23.6. The van der Waals surface area contributed by atoms with Gasteiger partial charge in [-0.1, -0.05) is 90.5 Å². The molecular formula is C70H60ClN9O16. The maximum Gasteiger partial charge on any atom is 0.330 e. The maximum atomic E-state index is 15.8. The third kappa shape index (κ3) is 14.2.